The lowest BCUT2D eigenvalue weighted by atomic mass is 10.0. The molecular weight excluding hydrogens is 838 g/mol. The lowest BCUT2D eigenvalue weighted by Gasteiger charge is -2.20. The van der Waals surface area contributed by atoms with Crippen LogP contribution in [0.1, 0.15) is 181 Å². The Morgan fingerprint density at radius 2 is 1.05 bits per heavy atom. The highest BCUT2D eigenvalue weighted by Crippen LogP contribution is 2.43. The van der Waals surface area contributed by atoms with Gasteiger partial charge < -0.3 is 35.4 Å². The first-order chi connectivity index (χ1) is 30.9. The molecular formula is C50H86NO12P. The Hall–Kier alpha value is -3.16. The van der Waals surface area contributed by atoms with Crippen LogP contribution in [0.2, 0.25) is 0 Å². The maximum atomic E-state index is 12.7. The van der Waals surface area contributed by atoms with Crippen LogP contribution >= 0.6 is 7.82 Å². The number of phosphoric acid groups is 1. The van der Waals surface area contributed by atoms with Gasteiger partial charge in [0.25, 0.3) is 0 Å². The summed E-state index contributed by atoms with van der Waals surface area (Å²) in [6, 6.07) is -1.55. The third kappa shape index (κ3) is 42.8. The normalized spacial score (nSPS) is 15.2. The minimum atomic E-state index is -4.76. The molecule has 0 heterocycles. The van der Waals surface area contributed by atoms with E-state index in [9.17, 15) is 34.1 Å². The van der Waals surface area contributed by atoms with Crippen LogP contribution in [0.4, 0.5) is 0 Å². The number of aliphatic hydroxyl groups excluding tert-OH is 2. The van der Waals surface area contributed by atoms with Crippen LogP contribution in [-0.4, -0.2) is 82.3 Å². The highest BCUT2D eigenvalue weighted by Gasteiger charge is 2.28. The van der Waals surface area contributed by atoms with Gasteiger partial charge in [-0.2, -0.15) is 0 Å². The molecule has 1 unspecified atom stereocenters. The summed E-state index contributed by atoms with van der Waals surface area (Å²) in [4.78, 5) is 46.1. The molecule has 0 rings (SSSR count). The predicted octanol–water partition coefficient (Wildman–Crippen LogP) is 11.2. The van der Waals surface area contributed by atoms with Gasteiger partial charge in [0.15, 0.2) is 6.10 Å². The standard InChI is InChI=1S/C50H86NO12P/c1-3-5-7-8-9-10-11-12-13-14-15-16-17-18-19-20-21-26-34-40-49(55)63-46(42-61-64(58,59)62-43-47(51)50(56)57)41-60-48(54)39-33-25-23-22-24-30-36-45(53)38-32-28-27-31-37-44(52)35-29-6-4-2/h6,23-25,27-32,37-38,44-47,52-53H,3-5,7-22,26,33-36,39-43,51H2,1-2H3,(H,56,57)(H,58,59)/b25-23-,28-27-,29-6-,30-24-,37-31+,38-32+/t44-,45+,46-,47+/m1/s1. The first-order valence-electron chi connectivity index (χ1n) is 24.2. The van der Waals surface area contributed by atoms with Crippen LogP contribution in [0.5, 0.6) is 0 Å². The largest absolute Gasteiger partial charge is 0.480 e. The Kier molecular flexibility index (Phi) is 41.6. The topological polar surface area (TPSA) is 212 Å². The van der Waals surface area contributed by atoms with Gasteiger partial charge in [-0.3, -0.25) is 23.4 Å². The predicted molar refractivity (Wildman–Crippen MR) is 256 cm³/mol. The maximum Gasteiger partial charge on any atom is 0.472 e. The summed E-state index contributed by atoms with van der Waals surface area (Å²) in [5.74, 6) is -2.57. The molecule has 0 radical (unpaired) electrons. The van der Waals surface area contributed by atoms with E-state index in [-0.39, 0.29) is 12.8 Å². The Bertz CT molecular complexity index is 1390. The molecule has 0 spiro atoms. The summed E-state index contributed by atoms with van der Waals surface area (Å²) in [5, 5.41) is 28.9. The van der Waals surface area contributed by atoms with Crippen molar-refractivity contribution >= 4 is 25.7 Å². The number of phosphoric ester groups is 1. The molecule has 0 bridgehead atoms. The first-order valence-corrected chi connectivity index (χ1v) is 25.7. The van der Waals surface area contributed by atoms with Crippen molar-refractivity contribution in [3.63, 3.8) is 0 Å². The zero-order valence-corrected chi connectivity index (χ0v) is 40.2. The number of allylic oxidation sites excluding steroid dienone is 8. The second-order valence-electron chi connectivity index (χ2n) is 16.3. The number of carboxylic acids is 1. The van der Waals surface area contributed by atoms with E-state index in [0.717, 1.165) is 25.7 Å². The summed E-state index contributed by atoms with van der Waals surface area (Å²) < 4.78 is 32.6. The smallest absolute Gasteiger partial charge is 0.472 e. The fourth-order valence-corrected chi connectivity index (χ4v) is 7.10. The number of rotatable bonds is 44. The van der Waals surface area contributed by atoms with Crippen molar-refractivity contribution in [2.75, 3.05) is 19.8 Å². The molecule has 0 saturated carbocycles. The molecule has 368 valence electrons. The zero-order chi connectivity index (χ0) is 47.4. The van der Waals surface area contributed by atoms with Crippen molar-refractivity contribution in [1.29, 1.82) is 0 Å². The van der Waals surface area contributed by atoms with Crippen molar-refractivity contribution in [2.45, 2.75) is 205 Å². The summed E-state index contributed by atoms with van der Waals surface area (Å²) in [5.41, 5.74) is 5.33. The van der Waals surface area contributed by atoms with Crippen molar-refractivity contribution in [3.05, 3.63) is 72.9 Å². The van der Waals surface area contributed by atoms with E-state index in [2.05, 4.69) is 11.4 Å². The van der Waals surface area contributed by atoms with Crippen LogP contribution in [0.15, 0.2) is 72.9 Å². The second kappa shape index (κ2) is 43.7. The van der Waals surface area contributed by atoms with Crippen molar-refractivity contribution < 1.29 is 57.7 Å². The molecule has 0 fully saturated rings. The number of carbonyl (C=O) groups excluding carboxylic acids is 2. The number of unbranched alkanes of at least 4 members (excludes halogenated alkanes) is 18. The molecule has 5 atom stereocenters. The first kappa shape index (κ1) is 60.8. The number of nitrogens with two attached hydrogens (primary N) is 1. The lowest BCUT2D eigenvalue weighted by Crippen LogP contribution is -2.34. The fourth-order valence-electron chi connectivity index (χ4n) is 6.33. The average Bonchev–Trinajstić information content (AvgIpc) is 3.26. The minimum Gasteiger partial charge on any atom is -0.480 e. The van der Waals surface area contributed by atoms with Crippen LogP contribution in [0, 0.1) is 0 Å². The lowest BCUT2D eigenvalue weighted by molar-refractivity contribution is -0.161. The van der Waals surface area contributed by atoms with Crippen LogP contribution < -0.4 is 5.73 Å². The monoisotopic (exact) mass is 924 g/mol. The van der Waals surface area contributed by atoms with Gasteiger partial charge in [-0.1, -0.05) is 202 Å². The molecule has 0 aliphatic rings. The molecule has 0 aromatic carbocycles. The maximum absolute atomic E-state index is 12.7. The molecule has 0 aliphatic carbocycles. The number of hydrogen-bond acceptors (Lipinski definition) is 11. The number of carboxylic acid groups (broad SMARTS) is 1. The third-order valence-corrected chi connectivity index (χ3v) is 11.1. The zero-order valence-electron chi connectivity index (χ0n) is 39.3. The van der Waals surface area contributed by atoms with Crippen molar-refractivity contribution in [3.8, 4) is 0 Å². The quantitative estimate of drug-likeness (QED) is 0.0127. The Balaban J connectivity index is 4.50. The van der Waals surface area contributed by atoms with Gasteiger partial charge >= 0.3 is 25.7 Å². The molecule has 6 N–H and O–H groups in total. The molecule has 0 aromatic heterocycles. The summed E-state index contributed by atoms with van der Waals surface area (Å²) >= 11 is 0. The van der Waals surface area contributed by atoms with Crippen molar-refractivity contribution in [2.24, 2.45) is 5.73 Å². The van der Waals surface area contributed by atoms with E-state index < -0.39 is 69.9 Å². The van der Waals surface area contributed by atoms with Gasteiger partial charge in [-0.15, -0.1) is 0 Å². The number of aliphatic carboxylic acids is 1. The molecule has 14 heteroatoms. The van der Waals surface area contributed by atoms with Gasteiger partial charge in [-0.25, -0.2) is 4.57 Å². The summed E-state index contributed by atoms with van der Waals surface area (Å²) in [7, 11) is -4.76. The average molecular weight is 924 g/mol. The van der Waals surface area contributed by atoms with E-state index >= 15 is 0 Å². The van der Waals surface area contributed by atoms with E-state index in [1.807, 2.05) is 43.4 Å². The highest BCUT2D eigenvalue weighted by molar-refractivity contribution is 7.47. The molecule has 0 amide bonds. The molecule has 0 aliphatic heterocycles. The molecule has 0 aromatic rings. The van der Waals surface area contributed by atoms with Crippen LogP contribution in [0.25, 0.3) is 0 Å². The summed E-state index contributed by atoms with van der Waals surface area (Å²) in [6.45, 7) is 2.45. The summed E-state index contributed by atoms with van der Waals surface area (Å²) in [6.07, 6.45) is 46.1. The number of ether oxygens (including phenoxy) is 2. The van der Waals surface area contributed by atoms with Gasteiger partial charge in [0.2, 0.25) is 0 Å². The van der Waals surface area contributed by atoms with Crippen LogP contribution in [-0.2, 0) is 37.5 Å². The number of esters is 2. The van der Waals surface area contributed by atoms with Crippen molar-refractivity contribution in [1.82, 2.24) is 0 Å². The third-order valence-electron chi connectivity index (χ3n) is 10.1. The van der Waals surface area contributed by atoms with Gasteiger partial charge in [0, 0.05) is 12.8 Å². The van der Waals surface area contributed by atoms with E-state index in [1.54, 1.807) is 36.5 Å². The Morgan fingerprint density at radius 1 is 0.578 bits per heavy atom. The fraction of sp³-hybridized carbons (Fsp3) is 0.700. The van der Waals surface area contributed by atoms with Crippen LogP contribution in [0.3, 0.4) is 0 Å². The second-order valence-corrected chi connectivity index (χ2v) is 17.7. The number of hydrogen-bond donors (Lipinski definition) is 5. The molecule has 64 heavy (non-hydrogen) atoms. The van der Waals surface area contributed by atoms with Gasteiger partial charge in [0.1, 0.15) is 12.6 Å². The van der Waals surface area contributed by atoms with Gasteiger partial charge in [0.05, 0.1) is 25.4 Å². The van der Waals surface area contributed by atoms with E-state index in [0.29, 0.717) is 32.1 Å². The van der Waals surface area contributed by atoms with E-state index in [4.69, 9.17) is 24.8 Å². The Labute approximate surface area is 385 Å². The molecule has 0 saturated heterocycles. The minimum absolute atomic E-state index is 0.0385. The van der Waals surface area contributed by atoms with E-state index in [1.165, 1.54) is 96.3 Å². The number of aliphatic hydroxyl groups is 2. The highest BCUT2D eigenvalue weighted by atomic mass is 31.2. The van der Waals surface area contributed by atoms with Gasteiger partial charge in [-0.05, 0) is 38.5 Å². The number of carbonyl (C=O) groups is 3. The SMILES string of the molecule is CC/C=C\C[C@@H](O)/C=C/C=C\C=C\[C@@H](O)C/C=C\C/C=C\CCC(=O)OC[C@H](COP(=O)(O)OC[C@H](N)C(=O)O)OC(=O)CCCCCCCCCCCCCCCCCCCCC. The molecule has 13 nitrogen and oxygen atoms in total. The Morgan fingerprint density at radius 3 is 1.55 bits per heavy atom.